The van der Waals surface area contributed by atoms with E-state index in [2.05, 4.69) is 9.98 Å². The zero-order valence-corrected chi connectivity index (χ0v) is 24.7. The molecule has 9 heteroatoms. The van der Waals surface area contributed by atoms with E-state index in [1.165, 1.54) is 0 Å². The number of phenols is 2. The third kappa shape index (κ3) is 10.9. The van der Waals surface area contributed by atoms with Crippen LogP contribution in [-0.2, 0) is 26.4 Å². The Morgan fingerprint density at radius 3 is 1.29 bits per heavy atom. The van der Waals surface area contributed by atoms with E-state index in [1.807, 2.05) is 88.4 Å². The molecular weight excluding hydrogens is 567 g/mol. The van der Waals surface area contributed by atoms with Crippen LogP contribution in [0.1, 0.15) is 47.2 Å². The minimum Gasteiger partial charge on any atom is -0.550 e. The summed E-state index contributed by atoms with van der Waals surface area (Å²) in [7, 11) is 0. The Kier molecular flexibility index (Phi) is 13.4. The number of hydrogen-bond donors (Lipinski definition) is 2. The maximum absolute atomic E-state index is 10.4. The van der Waals surface area contributed by atoms with E-state index < -0.39 is 11.9 Å². The van der Waals surface area contributed by atoms with E-state index >= 15 is 0 Å². The first-order valence-electron chi connectivity index (χ1n) is 12.3. The van der Waals surface area contributed by atoms with Gasteiger partial charge in [-0.3, -0.25) is 9.98 Å². The Balaban J connectivity index is 0.000000830. The van der Waals surface area contributed by atoms with Crippen LogP contribution in [-0.4, -0.2) is 34.6 Å². The normalized spacial score (nSPS) is 10.4. The predicted octanol–water partition coefficient (Wildman–Crippen LogP) is 4.50. The number of hydrogen-bond acceptors (Lipinski definition) is 8. The number of carbonyl (C=O) groups is 2. The van der Waals surface area contributed by atoms with Crippen LogP contribution in [0.15, 0.2) is 70.6 Å². The van der Waals surface area contributed by atoms with Gasteiger partial charge in [0.1, 0.15) is 11.5 Å². The number of fused-ring (bicyclic) bond motifs is 1. The molecule has 0 spiro atoms. The van der Waals surface area contributed by atoms with Crippen molar-refractivity contribution in [3.63, 3.8) is 0 Å². The molecule has 0 unspecified atom stereocenters. The fraction of sp³-hybridized carbons (Fsp3) is 0.188. The van der Waals surface area contributed by atoms with Crippen LogP contribution in [0, 0.1) is 27.7 Å². The van der Waals surface area contributed by atoms with Gasteiger partial charge in [0, 0.05) is 35.5 Å². The zero-order chi connectivity index (χ0) is 30.0. The summed E-state index contributed by atoms with van der Waals surface area (Å²) in [6.07, 6.45) is 3.35. The molecule has 4 rings (SSSR count). The van der Waals surface area contributed by atoms with Gasteiger partial charge in [-0.25, -0.2) is 0 Å². The zero-order valence-electron chi connectivity index (χ0n) is 23.7. The van der Waals surface area contributed by atoms with E-state index in [0.29, 0.717) is 22.5 Å². The van der Waals surface area contributed by atoms with Crippen molar-refractivity contribution in [2.45, 2.75) is 41.5 Å². The molecule has 0 bridgehead atoms. The molecule has 0 aliphatic carbocycles. The van der Waals surface area contributed by atoms with Crippen LogP contribution >= 0.6 is 0 Å². The SMILES string of the molecule is CC(=O)[O-].CC(=O)[O-].Cc1cc(C)c(O)c(C=Nc2cc3ccccc3cc2N=Cc2cc(C)cc(C)c2O)c1.[Co+2]. The second-order valence-corrected chi connectivity index (χ2v) is 9.23. The molecule has 0 saturated carbocycles. The summed E-state index contributed by atoms with van der Waals surface area (Å²) in [6, 6.07) is 19.7. The van der Waals surface area contributed by atoms with Crippen LogP contribution < -0.4 is 10.2 Å². The average molecular weight is 600 g/mol. The number of carbonyl (C=O) groups excluding carboxylic acids is 2. The summed E-state index contributed by atoms with van der Waals surface area (Å²) in [5, 5.41) is 40.7. The smallest absolute Gasteiger partial charge is 0.550 e. The third-order valence-electron chi connectivity index (χ3n) is 5.48. The van der Waals surface area contributed by atoms with Crippen LogP contribution in [0.5, 0.6) is 11.5 Å². The van der Waals surface area contributed by atoms with Gasteiger partial charge in [-0.05, 0) is 98.8 Å². The van der Waals surface area contributed by atoms with Crippen molar-refractivity contribution < 1.29 is 46.8 Å². The Morgan fingerprint density at radius 2 is 0.976 bits per heavy atom. The molecular formula is C32H32CoN2O6. The number of rotatable bonds is 4. The second kappa shape index (κ2) is 16.0. The maximum atomic E-state index is 10.4. The molecule has 2 N–H and O–H groups in total. The standard InChI is InChI=1S/C28H26N2O2.2C2H4O2.Co/c1-17-9-19(3)27(31)23(11-17)15-29-25-13-21-7-5-6-8-22(21)14-26(25)30-16-24-12-18(2)10-20(4)28(24)32;2*1-2(3)4;/h5-16,31-32H,1-4H3;2*1H3,(H,3,4);/q;;;+2/p-2. The first-order chi connectivity index (χ1) is 18.8. The number of carboxylic acids is 2. The Labute approximate surface area is 249 Å². The molecule has 0 heterocycles. The van der Waals surface area contributed by atoms with Crippen LogP contribution in [0.25, 0.3) is 10.8 Å². The summed E-state index contributed by atoms with van der Waals surface area (Å²) < 4.78 is 0. The minimum atomic E-state index is -1.08. The molecule has 4 aromatic carbocycles. The van der Waals surface area contributed by atoms with Gasteiger partial charge in [0.2, 0.25) is 0 Å². The first kappa shape index (κ1) is 34.6. The molecule has 41 heavy (non-hydrogen) atoms. The summed E-state index contributed by atoms with van der Waals surface area (Å²) in [6.45, 7) is 9.68. The van der Waals surface area contributed by atoms with Crippen molar-refractivity contribution in [1.29, 1.82) is 0 Å². The van der Waals surface area contributed by atoms with E-state index in [-0.39, 0.29) is 28.3 Å². The fourth-order valence-corrected chi connectivity index (χ4v) is 3.88. The van der Waals surface area contributed by atoms with Crippen LogP contribution in [0.4, 0.5) is 11.4 Å². The number of nitrogens with zero attached hydrogens (tertiary/aromatic N) is 2. The van der Waals surface area contributed by atoms with Gasteiger partial charge in [-0.15, -0.1) is 0 Å². The van der Waals surface area contributed by atoms with E-state index in [0.717, 1.165) is 46.9 Å². The predicted molar refractivity (Wildman–Crippen MR) is 155 cm³/mol. The van der Waals surface area contributed by atoms with Gasteiger partial charge in [-0.1, -0.05) is 36.4 Å². The summed E-state index contributed by atoms with van der Waals surface area (Å²) in [4.78, 5) is 27.1. The van der Waals surface area contributed by atoms with Crippen molar-refractivity contribution in [2.75, 3.05) is 0 Å². The van der Waals surface area contributed by atoms with Crippen molar-refractivity contribution in [1.82, 2.24) is 0 Å². The molecule has 0 amide bonds. The molecule has 215 valence electrons. The number of benzene rings is 4. The summed E-state index contributed by atoms with van der Waals surface area (Å²) in [5.74, 6) is -1.71. The number of aliphatic carboxylic acids is 2. The maximum Gasteiger partial charge on any atom is 2.00 e. The number of carboxylic acid groups (broad SMARTS) is 2. The molecule has 1 radical (unpaired) electrons. The summed E-state index contributed by atoms with van der Waals surface area (Å²) >= 11 is 0. The monoisotopic (exact) mass is 599 g/mol. The summed E-state index contributed by atoms with van der Waals surface area (Å²) in [5.41, 5.74) is 6.44. The van der Waals surface area contributed by atoms with Gasteiger partial charge in [0.15, 0.2) is 0 Å². The van der Waals surface area contributed by atoms with Gasteiger partial charge in [-0.2, -0.15) is 0 Å². The van der Waals surface area contributed by atoms with E-state index in [4.69, 9.17) is 19.8 Å². The first-order valence-corrected chi connectivity index (χ1v) is 12.3. The Hall–Kier alpha value is -4.47. The van der Waals surface area contributed by atoms with Gasteiger partial charge < -0.3 is 30.0 Å². The average Bonchev–Trinajstić information content (AvgIpc) is 2.85. The van der Waals surface area contributed by atoms with Crippen molar-refractivity contribution in [3.8, 4) is 11.5 Å². The Morgan fingerprint density at radius 1 is 0.659 bits per heavy atom. The van der Waals surface area contributed by atoms with Crippen LogP contribution in [0.2, 0.25) is 0 Å². The van der Waals surface area contributed by atoms with Gasteiger partial charge >= 0.3 is 16.8 Å². The number of aromatic hydroxyl groups is 2. The molecule has 0 atom stereocenters. The quantitative estimate of drug-likeness (QED) is 0.331. The molecule has 0 aliphatic heterocycles. The largest absolute Gasteiger partial charge is 2.00 e. The van der Waals surface area contributed by atoms with Crippen molar-refractivity contribution in [2.24, 2.45) is 9.98 Å². The Bertz CT molecular complexity index is 1470. The topological polar surface area (TPSA) is 145 Å². The number of phenolic OH excluding ortho intramolecular Hbond substituents is 2. The number of aryl methyl sites for hydroxylation is 4. The molecule has 8 nitrogen and oxygen atoms in total. The third-order valence-corrected chi connectivity index (χ3v) is 5.48. The second-order valence-electron chi connectivity index (χ2n) is 9.23. The van der Waals surface area contributed by atoms with Crippen molar-refractivity contribution >= 4 is 46.5 Å². The molecule has 0 fully saturated rings. The van der Waals surface area contributed by atoms with Gasteiger partial charge in [0.25, 0.3) is 0 Å². The minimum absolute atomic E-state index is 0. The molecule has 4 aromatic rings. The van der Waals surface area contributed by atoms with E-state index in [1.54, 1.807) is 12.4 Å². The van der Waals surface area contributed by atoms with Crippen molar-refractivity contribution in [3.05, 3.63) is 94.0 Å². The molecule has 0 aliphatic rings. The molecule has 0 saturated heterocycles. The van der Waals surface area contributed by atoms with E-state index in [9.17, 15) is 10.2 Å². The fourth-order valence-electron chi connectivity index (χ4n) is 3.88. The number of aliphatic imine (C=N–C) groups is 2. The van der Waals surface area contributed by atoms with Gasteiger partial charge in [0.05, 0.1) is 11.4 Å². The van der Waals surface area contributed by atoms with Crippen LogP contribution in [0.3, 0.4) is 0 Å². The molecule has 0 aromatic heterocycles.